The van der Waals surface area contributed by atoms with E-state index in [1.807, 2.05) is 18.2 Å². The van der Waals surface area contributed by atoms with E-state index in [-0.39, 0.29) is 0 Å². The minimum absolute atomic E-state index is 0.449. The molecule has 2 aromatic rings. The second-order valence-corrected chi connectivity index (χ2v) is 5.60. The normalized spacial score (nSPS) is 12.4. The Morgan fingerprint density at radius 3 is 2.63 bits per heavy atom. The highest BCUT2D eigenvalue weighted by Crippen LogP contribution is 2.32. The van der Waals surface area contributed by atoms with E-state index in [0.717, 1.165) is 35.1 Å². The highest BCUT2D eigenvalue weighted by Gasteiger charge is 2.14. The van der Waals surface area contributed by atoms with Gasteiger partial charge in [0.05, 0.1) is 11.0 Å². The van der Waals surface area contributed by atoms with Gasteiger partial charge in [0.15, 0.2) is 5.13 Å². The number of para-hydroxylation sites is 1. The summed E-state index contributed by atoms with van der Waals surface area (Å²) in [6.07, 6.45) is 3.60. The van der Waals surface area contributed by atoms with Crippen molar-refractivity contribution in [2.45, 2.75) is 32.8 Å². The Balaban J connectivity index is 2.26. The Kier molecular flexibility index (Phi) is 4.93. The molecule has 1 aromatic heterocycles. The third kappa shape index (κ3) is 3.55. The quantitative estimate of drug-likeness (QED) is 0.861. The van der Waals surface area contributed by atoms with Gasteiger partial charge in [0, 0.05) is 18.4 Å². The molecular weight excluding hydrogens is 256 g/mol. The van der Waals surface area contributed by atoms with E-state index in [1.54, 1.807) is 24.5 Å². The highest BCUT2D eigenvalue weighted by molar-refractivity contribution is 7.15. The molecule has 0 aliphatic heterocycles. The molecule has 0 amide bonds. The minimum atomic E-state index is -0.449. The van der Waals surface area contributed by atoms with Crippen LogP contribution >= 0.6 is 11.3 Å². The number of nitrogens with zero attached hydrogens (tertiary/aromatic N) is 2. The maximum Gasteiger partial charge on any atom is 0.190 e. The molecule has 0 saturated heterocycles. The largest absolute Gasteiger partial charge is 0.388 e. The number of aromatic nitrogens is 1. The van der Waals surface area contributed by atoms with E-state index in [2.05, 4.69) is 28.9 Å². The maximum atomic E-state index is 9.62. The van der Waals surface area contributed by atoms with Gasteiger partial charge in [-0.25, -0.2) is 4.98 Å². The Labute approximate surface area is 118 Å². The number of thiazole rings is 1. The second-order valence-electron chi connectivity index (χ2n) is 4.56. The fraction of sp³-hybridized carbons (Fsp3) is 0.400. The summed E-state index contributed by atoms with van der Waals surface area (Å²) in [4.78, 5) is 7.58. The summed E-state index contributed by atoms with van der Waals surface area (Å²) in [6.45, 7) is 4.91. The third-order valence-corrected chi connectivity index (χ3v) is 4.15. The molecule has 1 heterocycles. The number of aliphatic hydroxyl groups is 1. The SMILES string of the molecule is CCCCN(c1ccccc1)c1ncc(C(C)O)s1. The van der Waals surface area contributed by atoms with Crippen LogP contribution in [0.4, 0.5) is 10.8 Å². The molecule has 0 spiro atoms. The van der Waals surface area contributed by atoms with Crippen LogP contribution in [0.2, 0.25) is 0 Å². The average Bonchev–Trinajstić information content (AvgIpc) is 2.90. The summed E-state index contributed by atoms with van der Waals surface area (Å²) in [5.41, 5.74) is 1.16. The molecule has 1 atom stereocenters. The molecule has 3 nitrogen and oxygen atoms in total. The van der Waals surface area contributed by atoms with Crippen LogP contribution in [0.1, 0.15) is 37.7 Å². The van der Waals surface area contributed by atoms with Crippen molar-refractivity contribution in [3.8, 4) is 0 Å². The molecule has 1 aromatic carbocycles. The zero-order valence-corrected chi connectivity index (χ0v) is 12.2. The lowest BCUT2D eigenvalue weighted by Gasteiger charge is -2.21. The molecule has 102 valence electrons. The smallest absolute Gasteiger partial charge is 0.190 e. The van der Waals surface area contributed by atoms with Crippen molar-refractivity contribution in [2.75, 3.05) is 11.4 Å². The van der Waals surface area contributed by atoms with Crippen molar-refractivity contribution in [3.63, 3.8) is 0 Å². The van der Waals surface area contributed by atoms with Gasteiger partial charge in [0.25, 0.3) is 0 Å². The van der Waals surface area contributed by atoms with Crippen LogP contribution in [0.3, 0.4) is 0 Å². The van der Waals surface area contributed by atoms with Gasteiger partial charge in [0.2, 0.25) is 0 Å². The van der Waals surface area contributed by atoms with Crippen molar-refractivity contribution in [1.29, 1.82) is 0 Å². The molecule has 0 aliphatic carbocycles. The fourth-order valence-electron chi connectivity index (χ4n) is 1.85. The monoisotopic (exact) mass is 276 g/mol. The van der Waals surface area contributed by atoms with Gasteiger partial charge >= 0.3 is 0 Å². The molecular formula is C15H20N2OS. The van der Waals surface area contributed by atoms with E-state index in [9.17, 15) is 5.11 Å². The first-order valence-corrected chi connectivity index (χ1v) is 7.50. The van der Waals surface area contributed by atoms with Crippen LogP contribution in [0.5, 0.6) is 0 Å². The van der Waals surface area contributed by atoms with E-state index in [1.165, 1.54) is 0 Å². The standard InChI is InChI=1S/C15H20N2OS/c1-3-4-10-17(13-8-6-5-7-9-13)15-16-11-14(19-15)12(2)18/h5-9,11-12,18H,3-4,10H2,1-2H3. The summed E-state index contributed by atoms with van der Waals surface area (Å²) in [5.74, 6) is 0. The van der Waals surface area contributed by atoms with Gasteiger partial charge in [-0.05, 0) is 25.5 Å². The lowest BCUT2D eigenvalue weighted by Crippen LogP contribution is -2.17. The Morgan fingerprint density at radius 1 is 1.32 bits per heavy atom. The Morgan fingerprint density at radius 2 is 2.05 bits per heavy atom. The number of hydrogen-bond donors (Lipinski definition) is 1. The van der Waals surface area contributed by atoms with E-state index < -0.39 is 6.10 Å². The number of benzene rings is 1. The molecule has 4 heteroatoms. The molecule has 19 heavy (non-hydrogen) atoms. The van der Waals surface area contributed by atoms with Gasteiger partial charge < -0.3 is 10.0 Å². The van der Waals surface area contributed by atoms with Crippen molar-refractivity contribution >= 4 is 22.2 Å². The maximum absolute atomic E-state index is 9.62. The summed E-state index contributed by atoms with van der Waals surface area (Å²) >= 11 is 1.56. The highest BCUT2D eigenvalue weighted by atomic mass is 32.1. The molecule has 0 aliphatic rings. The summed E-state index contributed by atoms with van der Waals surface area (Å²) in [5, 5.41) is 10.6. The molecule has 1 N–H and O–H groups in total. The number of anilines is 2. The topological polar surface area (TPSA) is 36.4 Å². The number of aliphatic hydroxyl groups excluding tert-OH is 1. The number of hydrogen-bond acceptors (Lipinski definition) is 4. The van der Waals surface area contributed by atoms with Crippen molar-refractivity contribution in [3.05, 3.63) is 41.4 Å². The van der Waals surface area contributed by atoms with Crippen LogP contribution in [-0.4, -0.2) is 16.6 Å². The van der Waals surface area contributed by atoms with E-state index in [4.69, 9.17) is 0 Å². The van der Waals surface area contributed by atoms with Gasteiger partial charge in [-0.3, -0.25) is 0 Å². The summed E-state index contributed by atoms with van der Waals surface area (Å²) < 4.78 is 0. The van der Waals surface area contributed by atoms with Crippen molar-refractivity contribution in [2.24, 2.45) is 0 Å². The molecule has 0 radical (unpaired) electrons. The molecule has 0 saturated carbocycles. The molecule has 1 unspecified atom stereocenters. The number of rotatable bonds is 6. The van der Waals surface area contributed by atoms with Crippen molar-refractivity contribution in [1.82, 2.24) is 4.98 Å². The van der Waals surface area contributed by atoms with Crippen LogP contribution in [-0.2, 0) is 0 Å². The Hall–Kier alpha value is -1.39. The first-order chi connectivity index (χ1) is 9.22. The van der Waals surface area contributed by atoms with Crippen LogP contribution in [0, 0.1) is 0 Å². The van der Waals surface area contributed by atoms with E-state index in [0.29, 0.717) is 0 Å². The molecule has 2 rings (SSSR count). The van der Waals surface area contributed by atoms with Crippen LogP contribution < -0.4 is 4.90 Å². The van der Waals surface area contributed by atoms with Gasteiger partial charge in [0.1, 0.15) is 0 Å². The van der Waals surface area contributed by atoms with Crippen LogP contribution in [0.25, 0.3) is 0 Å². The van der Waals surface area contributed by atoms with Crippen LogP contribution in [0.15, 0.2) is 36.5 Å². The first-order valence-electron chi connectivity index (χ1n) is 6.68. The number of unbranched alkanes of at least 4 members (excludes halogenated alkanes) is 1. The molecule has 0 bridgehead atoms. The summed E-state index contributed by atoms with van der Waals surface area (Å²) in [7, 11) is 0. The predicted molar refractivity (Wildman–Crippen MR) is 81.1 cm³/mol. The lowest BCUT2D eigenvalue weighted by molar-refractivity contribution is 0.203. The van der Waals surface area contributed by atoms with Gasteiger partial charge in [-0.2, -0.15) is 0 Å². The second kappa shape index (κ2) is 6.68. The zero-order valence-electron chi connectivity index (χ0n) is 11.4. The predicted octanol–water partition coefficient (Wildman–Crippen LogP) is 4.13. The van der Waals surface area contributed by atoms with E-state index >= 15 is 0 Å². The molecule has 0 fully saturated rings. The Bertz CT molecular complexity index is 496. The van der Waals surface area contributed by atoms with Crippen molar-refractivity contribution < 1.29 is 5.11 Å². The third-order valence-electron chi connectivity index (χ3n) is 2.96. The van der Waals surface area contributed by atoms with Gasteiger partial charge in [-0.1, -0.05) is 42.9 Å². The van der Waals surface area contributed by atoms with Gasteiger partial charge in [-0.15, -0.1) is 0 Å². The average molecular weight is 276 g/mol. The minimum Gasteiger partial charge on any atom is -0.388 e. The lowest BCUT2D eigenvalue weighted by atomic mass is 10.2. The summed E-state index contributed by atoms with van der Waals surface area (Å²) in [6, 6.07) is 10.3. The fourth-order valence-corrected chi connectivity index (χ4v) is 2.75. The zero-order chi connectivity index (χ0) is 13.7. The first kappa shape index (κ1) is 14.0.